The third-order valence-electron chi connectivity index (χ3n) is 3.75. The molecule has 0 saturated heterocycles. The molecule has 0 saturated carbocycles. The van der Waals surface area contributed by atoms with Gasteiger partial charge in [0.05, 0.1) is 13.2 Å². The molecular formula is C18H24ClNO3. The van der Waals surface area contributed by atoms with Crippen molar-refractivity contribution in [2.75, 3.05) is 33.4 Å². The van der Waals surface area contributed by atoms with Crippen molar-refractivity contribution in [2.45, 2.75) is 20.3 Å². The van der Waals surface area contributed by atoms with Crippen LogP contribution in [0.15, 0.2) is 29.8 Å². The van der Waals surface area contributed by atoms with Crippen LogP contribution in [0.25, 0.3) is 5.57 Å². The standard InChI is InChI=1S/C18H24ClNO3/c1-13(2)11-23-18(21)20-9-8-17(15(10-20)12-22-3)14-4-6-16(19)7-5-14/h4-7,13H,8-12H2,1-3H3. The lowest BCUT2D eigenvalue weighted by molar-refractivity contribution is 0.0926. The van der Waals surface area contributed by atoms with E-state index in [1.54, 1.807) is 12.0 Å². The van der Waals surface area contributed by atoms with E-state index in [9.17, 15) is 4.79 Å². The Labute approximate surface area is 143 Å². The van der Waals surface area contributed by atoms with Gasteiger partial charge in [0.1, 0.15) is 0 Å². The highest BCUT2D eigenvalue weighted by atomic mass is 35.5. The first-order chi connectivity index (χ1) is 11.0. The molecule has 2 rings (SSSR count). The Morgan fingerprint density at radius 3 is 2.61 bits per heavy atom. The van der Waals surface area contributed by atoms with Crippen LogP contribution in [0.2, 0.25) is 5.02 Å². The van der Waals surface area contributed by atoms with Crippen LogP contribution in [0.1, 0.15) is 25.8 Å². The highest BCUT2D eigenvalue weighted by Crippen LogP contribution is 2.29. The molecule has 1 aliphatic rings. The first-order valence-corrected chi connectivity index (χ1v) is 8.26. The molecule has 0 aromatic heterocycles. The second-order valence-electron chi connectivity index (χ2n) is 6.16. The number of methoxy groups -OCH3 is 1. The average molecular weight is 338 g/mol. The van der Waals surface area contributed by atoms with Crippen molar-refractivity contribution < 1.29 is 14.3 Å². The largest absolute Gasteiger partial charge is 0.449 e. The summed E-state index contributed by atoms with van der Waals surface area (Å²) in [5.74, 6) is 0.336. The maximum atomic E-state index is 12.2. The molecule has 0 unspecified atom stereocenters. The Morgan fingerprint density at radius 2 is 2.00 bits per heavy atom. The molecule has 0 radical (unpaired) electrons. The highest BCUT2D eigenvalue weighted by Gasteiger charge is 2.24. The van der Waals surface area contributed by atoms with Crippen LogP contribution in [0.4, 0.5) is 4.79 Å². The third kappa shape index (κ3) is 4.98. The Bertz CT molecular complexity index is 566. The van der Waals surface area contributed by atoms with Gasteiger partial charge < -0.3 is 14.4 Å². The zero-order valence-electron chi connectivity index (χ0n) is 14.0. The first kappa shape index (κ1) is 17.8. The molecule has 1 aliphatic heterocycles. The number of hydrogen-bond acceptors (Lipinski definition) is 3. The fourth-order valence-corrected chi connectivity index (χ4v) is 2.75. The second-order valence-corrected chi connectivity index (χ2v) is 6.60. The van der Waals surface area contributed by atoms with Gasteiger partial charge in [0, 0.05) is 25.2 Å². The van der Waals surface area contributed by atoms with Crippen molar-refractivity contribution in [2.24, 2.45) is 5.92 Å². The summed E-state index contributed by atoms with van der Waals surface area (Å²) in [5, 5.41) is 0.720. The molecule has 126 valence electrons. The molecule has 0 fully saturated rings. The summed E-state index contributed by atoms with van der Waals surface area (Å²) >= 11 is 5.96. The van der Waals surface area contributed by atoms with E-state index in [1.807, 2.05) is 38.1 Å². The topological polar surface area (TPSA) is 38.8 Å². The number of rotatable bonds is 5. The number of benzene rings is 1. The normalized spacial score (nSPS) is 15.3. The van der Waals surface area contributed by atoms with Gasteiger partial charge in [-0.25, -0.2) is 4.79 Å². The van der Waals surface area contributed by atoms with Gasteiger partial charge in [0.15, 0.2) is 0 Å². The molecule has 5 heteroatoms. The molecule has 0 aliphatic carbocycles. The lowest BCUT2D eigenvalue weighted by atomic mass is 9.94. The molecular weight excluding hydrogens is 314 g/mol. The number of hydrogen-bond donors (Lipinski definition) is 0. The maximum Gasteiger partial charge on any atom is 0.410 e. The number of ether oxygens (including phenoxy) is 2. The van der Waals surface area contributed by atoms with E-state index in [4.69, 9.17) is 21.1 Å². The van der Waals surface area contributed by atoms with E-state index < -0.39 is 0 Å². The molecule has 23 heavy (non-hydrogen) atoms. The molecule has 0 N–H and O–H groups in total. The van der Waals surface area contributed by atoms with Crippen LogP contribution in [0.3, 0.4) is 0 Å². The van der Waals surface area contributed by atoms with Crippen molar-refractivity contribution in [3.05, 3.63) is 40.4 Å². The van der Waals surface area contributed by atoms with Gasteiger partial charge in [-0.2, -0.15) is 0 Å². The van der Waals surface area contributed by atoms with E-state index >= 15 is 0 Å². The van der Waals surface area contributed by atoms with E-state index in [1.165, 1.54) is 5.57 Å². The molecule has 1 aromatic carbocycles. The lowest BCUT2D eigenvalue weighted by Crippen LogP contribution is -2.38. The van der Waals surface area contributed by atoms with Gasteiger partial charge >= 0.3 is 6.09 Å². The van der Waals surface area contributed by atoms with Crippen LogP contribution in [0, 0.1) is 5.92 Å². The number of amides is 1. The Balaban J connectivity index is 2.14. The van der Waals surface area contributed by atoms with E-state index in [2.05, 4.69) is 0 Å². The third-order valence-corrected chi connectivity index (χ3v) is 4.00. The quantitative estimate of drug-likeness (QED) is 0.806. The monoisotopic (exact) mass is 337 g/mol. The number of carbonyl (C=O) groups excluding carboxylic acids is 1. The van der Waals surface area contributed by atoms with Crippen molar-refractivity contribution in [1.29, 1.82) is 0 Å². The van der Waals surface area contributed by atoms with Crippen molar-refractivity contribution in [1.82, 2.24) is 4.90 Å². The molecule has 4 nitrogen and oxygen atoms in total. The Morgan fingerprint density at radius 1 is 1.30 bits per heavy atom. The fraction of sp³-hybridized carbons (Fsp3) is 0.500. The van der Waals surface area contributed by atoms with E-state index in [0.29, 0.717) is 32.2 Å². The van der Waals surface area contributed by atoms with E-state index in [-0.39, 0.29) is 6.09 Å². The van der Waals surface area contributed by atoms with Crippen LogP contribution in [-0.2, 0) is 9.47 Å². The number of nitrogens with zero attached hydrogens (tertiary/aromatic N) is 1. The second kappa shape index (κ2) is 8.37. The molecule has 1 aromatic rings. The van der Waals surface area contributed by atoms with E-state index in [0.717, 1.165) is 22.6 Å². The van der Waals surface area contributed by atoms with Gasteiger partial charge in [-0.15, -0.1) is 0 Å². The maximum absolute atomic E-state index is 12.2. The summed E-state index contributed by atoms with van der Waals surface area (Å²) < 4.78 is 10.7. The van der Waals surface area contributed by atoms with Gasteiger partial charge in [-0.05, 0) is 41.2 Å². The van der Waals surface area contributed by atoms with Gasteiger partial charge in [-0.3, -0.25) is 0 Å². The Hall–Kier alpha value is -1.52. The van der Waals surface area contributed by atoms with Crippen LogP contribution < -0.4 is 0 Å². The zero-order chi connectivity index (χ0) is 16.8. The summed E-state index contributed by atoms with van der Waals surface area (Å²) in [7, 11) is 1.67. The molecule has 0 bridgehead atoms. The van der Waals surface area contributed by atoms with Crippen molar-refractivity contribution in [3.8, 4) is 0 Å². The molecule has 1 heterocycles. The number of carbonyl (C=O) groups is 1. The molecule has 0 spiro atoms. The minimum atomic E-state index is -0.248. The summed E-state index contributed by atoms with van der Waals surface area (Å²) in [6, 6.07) is 7.80. The summed E-state index contributed by atoms with van der Waals surface area (Å²) in [5.41, 5.74) is 3.48. The molecule has 1 amide bonds. The first-order valence-electron chi connectivity index (χ1n) is 7.88. The fourth-order valence-electron chi connectivity index (χ4n) is 2.62. The van der Waals surface area contributed by atoms with Crippen molar-refractivity contribution >= 4 is 23.3 Å². The smallest absolute Gasteiger partial charge is 0.410 e. The van der Waals surface area contributed by atoms with Crippen LogP contribution >= 0.6 is 11.6 Å². The summed E-state index contributed by atoms with van der Waals surface area (Å²) in [4.78, 5) is 13.9. The van der Waals surface area contributed by atoms with Gasteiger partial charge in [-0.1, -0.05) is 37.6 Å². The Kier molecular flexibility index (Phi) is 6.48. The lowest BCUT2D eigenvalue weighted by Gasteiger charge is -2.30. The zero-order valence-corrected chi connectivity index (χ0v) is 14.7. The van der Waals surface area contributed by atoms with Gasteiger partial charge in [0.25, 0.3) is 0 Å². The predicted octanol–water partition coefficient (Wildman–Crippen LogP) is 4.24. The van der Waals surface area contributed by atoms with Crippen LogP contribution in [0.5, 0.6) is 0 Å². The summed E-state index contributed by atoms with van der Waals surface area (Å²) in [6.45, 7) is 6.20. The van der Waals surface area contributed by atoms with Gasteiger partial charge in [0.2, 0.25) is 0 Å². The highest BCUT2D eigenvalue weighted by molar-refractivity contribution is 6.30. The predicted molar refractivity (Wildman–Crippen MR) is 92.6 cm³/mol. The minimum absolute atomic E-state index is 0.248. The summed E-state index contributed by atoms with van der Waals surface area (Å²) in [6.07, 6.45) is 0.541. The van der Waals surface area contributed by atoms with Crippen molar-refractivity contribution in [3.63, 3.8) is 0 Å². The molecule has 0 atom stereocenters. The number of halogens is 1. The minimum Gasteiger partial charge on any atom is -0.449 e. The SMILES string of the molecule is COCC1=C(c2ccc(Cl)cc2)CCN(C(=O)OCC(C)C)C1. The van der Waals surface area contributed by atoms with Crippen LogP contribution in [-0.4, -0.2) is 44.4 Å². The average Bonchev–Trinajstić information content (AvgIpc) is 2.54.